The standard InChI is InChI=1S/C23H26BrN5O2/c1-15-4-6-16(7-5-15)14-29-21(30)19-20(26(2)23(29)31)25-22-27(12-3-13-28(19)22)18-10-8-17(24)9-11-18/h4-11,19-20,22,25H,3,12-14H2,1-2H3. The summed E-state index contributed by atoms with van der Waals surface area (Å²) in [6, 6.07) is 15.5. The second-order valence-corrected chi connectivity index (χ2v) is 9.41. The van der Waals surface area contributed by atoms with E-state index in [2.05, 4.69) is 43.2 Å². The zero-order valence-corrected chi connectivity index (χ0v) is 19.2. The first-order valence-electron chi connectivity index (χ1n) is 10.6. The number of imide groups is 1. The normalized spacial score (nSPS) is 26.3. The van der Waals surface area contributed by atoms with Crippen LogP contribution in [0.5, 0.6) is 0 Å². The highest BCUT2D eigenvalue weighted by Crippen LogP contribution is 2.33. The van der Waals surface area contributed by atoms with Gasteiger partial charge in [-0.3, -0.25) is 19.9 Å². The Hall–Kier alpha value is -2.42. The van der Waals surface area contributed by atoms with E-state index in [1.807, 2.05) is 43.3 Å². The molecule has 0 spiro atoms. The molecule has 1 N–H and O–H groups in total. The number of nitrogens with one attached hydrogen (secondary N) is 1. The molecule has 2 aromatic rings. The number of carbonyl (C=O) groups excluding carboxylic acids is 2. The second kappa shape index (κ2) is 7.93. The number of amides is 3. The van der Waals surface area contributed by atoms with Gasteiger partial charge in [-0.05, 0) is 43.2 Å². The zero-order valence-electron chi connectivity index (χ0n) is 17.7. The first-order valence-corrected chi connectivity index (χ1v) is 11.4. The Kier molecular flexibility index (Phi) is 5.24. The summed E-state index contributed by atoms with van der Waals surface area (Å²) in [4.78, 5) is 34.2. The molecule has 3 amide bonds. The van der Waals surface area contributed by atoms with Gasteiger partial charge in [0, 0.05) is 30.3 Å². The van der Waals surface area contributed by atoms with Crippen molar-refractivity contribution in [2.24, 2.45) is 0 Å². The fraction of sp³-hybridized carbons (Fsp3) is 0.391. The van der Waals surface area contributed by atoms with Crippen molar-refractivity contribution in [2.75, 3.05) is 25.0 Å². The number of fused-ring (bicyclic) bond motifs is 3. The lowest BCUT2D eigenvalue weighted by molar-refractivity contribution is -0.139. The zero-order chi connectivity index (χ0) is 21.7. The summed E-state index contributed by atoms with van der Waals surface area (Å²) in [7, 11) is 1.78. The molecule has 0 bridgehead atoms. The van der Waals surface area contributed by atoms with Crippen molar-refractivity contribution in [3.63, 3.8) is 0 Å². The lowest BCUT2D eigenvalue weighted by atomic mass is 10.1. The Morgan fingerprint density at radius 1 is 1.03 bits per heavy atom. The van der Waals surface area contributed by atoms with E-state index in [9.17, 15) is 9.59 Å². The van der Waals surface area contributed by atoms with Crippen LogP contribution in [0.1, 0.15) is 17.5 Å². The van der Waals surface area contributed by atoms with E-state index >= 15 is 0 Å². The smallest absolute Gasteiger partial charge is 0.328 e. The summed E-state index contributed by atoms with van der Waals surface area (Å²) in [5, 5.41) is 3.56. The minimum Gasteiger partial charge on any atom is -0.343 e. The van der Waals surface area contributed by atoms with Crippen molar-refractivity contribution >= 4 is 33.6 Å². The number of anilines is 1. The van der Waals surface area contributed by atoms with Gasteiger partial charge in [-0.25, -0.2) is 4.79 Å². The van der Waals surface area contributed by atoms with E-state index in [1.165, 1.54) is 4.90 Å². The molecule has 3 unspecified atom stereocenters. The van der Waals surface area contributed by atoms with Gasteiger partial charge >= 0.3 is 6.03 Å². The maximum Gasteiger partial charge on any atom is 0.328 e. The third-order valence-electron chi connectivity index (χ3n) is 6.49. The Bertz CT molecular complexity index is 996. The molecule has 3 aliphatic heterocycles. The van der Waals surface area contributed by atoms with Crippen LogP contribution in [0.25, 0.3) is 0 Å². The third kappa shape index (κ3) is 3.52. The van der Waals surface area contributed by atoms with Crippen LogP contribution in [-0.2, 0) is 11.3 Å². The van der Waals surface area contributed by atoms with Crippen LogP contribution in [0.3, 0.4) is 0 Å². The van der Waals surface area contributed by atoms with Crippen LogP contribution >= 0.6 is 15.9 Å². The predicted octanol–water partition coefficient (Wildman–Crippen LogP) is 2.95. The summed E-state index contributed by atoms with van der Waals surface area (Å²) in [5.74, 6) is -0.124. The van der Waals surface area contributed by atoms with E-state index in [4.69, 9.17) is 0 Å². The van der Waals surface area contributed by atoms with Gasteiger partial charge in [0.05, 0.1) is 6.54 Å². The average molecular weight is 484 g/mol. The molecule has 0 aromatic heterocycles. The molecule has 0 saturated carbocycles. The molecule has 3 heterocycles. The monoisotopic (exact) mass is 483 g/mol. The van der Waals surface area contributed by atoms with Crippen LogP contribution in [0.4, 0.5) is 10.5 Å². The lowest BCUT2D eigenvalue weighted by Crippen LogP contribution is -2.66. The molecule has 0 aliphatic carbocycles. The van der Waals surface area contributed by atoms with Gasteiger partial charge in [0.2, 0.25) is 0 Å². The summed E-state index contributed by atoms with van der Waals surface area (Å²) in [5.41, 5.74) is 3.21. The number of urea groups is 1. The van der Waals surface area contributed by atoms with E-state index in [1.54, 1.807) is 11.9 Å². The van der Waals surface area contributed by atoms with Crippen molar-refractivity contribution in [1.82, 2.24) is 20.0 Å². The average Bonchev–Trinajstić information content (AvgIpc) is 3.17. The number of halogens is 1. The van der Waals surface area contributed by atoms with Gasteiger partial charge < -0.3 is 9.80 Å². The number of carbonyl (C=O) groups is 2. The first kappa shape index (κ1) is 20.5. The maximum absolute atomic E-state index is 13.5. The van der Waals surface area contributed by atoms with Crippen LogP contribution in [-0.4, -0.2) is 65.3 Å². The largest absolute Gasteiger partial charge is 0.343 e. The predicted molar refractivity (Wildman–Crippen MR) is 122 cm³/mol. The number of hydrogen-bond donors (Lipinski definition) is 1. The van der Waals surface area contributed by atoms with Gasteiger partial charge in [-0.1, -0.05) is 45.8 Å². The topological polar surface area (TPSA) is 59.1 Å². The highest BCUT2D eigenvalue weighted by Gasteiger charge is 2.56. The maximum atomic E-state index is 13.5. The summed E-state index contributed by atoms with van der Waals surface area (Å²) < 4.78 is 1.03. The molecule has 31 heavy (non-hydrogen) atoms. The Labute approximate surface area is 190 Å². The van der Waals surface area contributed by atoms with Crippen molar-refractivity contribution < 1.29 is 9.59 Å². The fourth-order valence-electron chi connectivity index (χ4n) is 4.84. The lowest BCUT2D eigenvalue weighted by Gasteiger charge is -2.44. The number of hydrogen-bond acceptors (Lipinski definition) is 5. The van der Waals surface area contributed by atoms with Crippen LogP contribution in [0, 0.1) is 6.92 Å². The molecule has 3 fully saturated rings. The summed E-state index contributed by atoms with van der Waals surface area (Å²) >= 11 is 3.50. The van der Waals surface area contributed by atoms with Gasteiger partial charge in [-0.2, -0.15) is 0 Å². The van der Waals surface area contributed by atoms with Crippen molar-refractivity contribution in [3.8, 4) is 0 Å². The molecular weight excluding hydrogens is 458 g/mol. The van der Waals surface area contributed by atoms with Gasteiger partial charge in [0.15, 0.2) is 0 Å². The third-order valence-corrected chi connectivity index (χ3v) is 7.02. The molecule has 2 aromatic carbocycles. The van der Waals surface area contributed by atoms with E-state index < -0.39 is 6.04 Å². The Morgan fingerprint density at radius 3 is 2.45 bits per heavy atom. The molecular formula is C23H26BrN5O2. The molecule has 162 valence electrons. The number of aryl methyl sites for hydroxylation is 1. The molecule has 3 saturated heterocycles. The second-order valence-electron chi connectivity index (χ2n) is 8.49. The van der Waals surface area contributed by atoms with Crippen molar-refractivity contribution in [1.29, 1.82) is 0 Å². The molecule has 5 rings (SSSR count). The Morgan fingerprint density at radius 2 is 1.74 bits per heavy atom. The van der Waals surface area contributed by atoms with Crippen molar-refractivity contribution in [2.45, 2.75) is 38.4 Å². The van der Waals surface area contributed by atoms with Gasteiger partial charge in [0.1, 0.15) is 18.5 Å². The number of benzene rings is 2. The SMILES string of the molecule is Cc1ccc(CN2C(=O)C3C(NC4N(c5ccc(Br)cc5)CCCN34)N(C)C2=O)cc1. The minimum atomic E-state index is -0.392. The van der Waals surface area contributed by atoms with Crippen LogP contribution in [0.2, 0.25) is 0 Å². The molecule has 8 heteroatoms. The van der Waals surface area contributed by atoms with Gasteiger partial charge in [-0.15, -0.1) is 0 Å². The fourth-order valence-corrected chi connectivity index (χ4v) is 5.10. The number of likely N-dealkylation sites (N-methyl/N-ethyl adjacent to an activating group) is 1. The van der Waals surface area contributed by atoms with E-state index in [0.29, 0.717) is 6.54 Å². The van der Waals surface area contributed by atoms with Gasteiger partial charge in [0.25, 0.3) is 5.91 Å². The first-order chi connectivity index (χ1) is 14.9. The summed E-state index contributed by atoms with van der Waals surface area (Å²) in [6.07, 6.45) is 0.499. The van der Waals surface area contributed by atoms with Crippen LogP contribution in [0.15, 0.2) is 53.0 Å². The number of nitrogens with zero attached hydrogens (tertiary/aromatic N) is 4. The van der Waals surface area contributed by atoms with Crippen molar-refractivity contribution in [3.05, 3.63) is 64.1 Å². The molecule has 3 atom stereocenters. The Balaban J connectivity index is 1.42. The van der Waals surface area contributed by atoms with E-state index in [0.717, 1.165) is 40.8 Å². The highest BCUT2D eigenvalue weighted by molar-refractivity contribution is 9.10. The molecule has 7 nitrogen and oxygen atoms in total. The quantitative estimate of drug-likeness (QED) is 0.726. The minimum absolute atomic E-state index is 0.122. The summed E-state index contributed by atoms with van der Waals surface area (Å²) in [6.45, 7) is 4.03. The number of rotatable bonds is 3. The van der Waals surface area contributed by atoms with E-state index in [-0.39, 0.29) is 24.4 Å². The molecule has 0 radical (unpaired) electrons. The van der Waals surface area contributed by atoms with Crippen LogP contribution < -0.4 is 10.2 Å². The highest BCUT2D eigenvalue weighted by atomic mass is 79.9. The molecule has 3 aliphatic rings.